The Morgan fingerprint density at radius 2 is 1.36 bits per heavy atom. The minimum Gasteiger partial charge on any atom is -0.507 e. The van der Waals surface area contributed by atoms with Gasteiger partial charge in [0.15, 0.2) is 0 Å². The topological polar surface area (TPSA) is 49.3 Å². The summed E-state index contributed by atoms with van der Waals surface area (Å²) in [4.78, 5) is 11.9. The van der Waals surface area contributed by atoms with Gasteiger partial charge < -0.3 is 10.0 Å². The number of rotatable bonds is 6. The zero-order valence-electron chi connectivity index (χ0n) is 22.3. The maximum absolute atomic E-state index is 10.4. The van der Waals surface area contributed by atoms with Crippen LogP contribution in [0.25, 0.3) is 43.0 Å². The maximum Gasteiger partial charge on any atom is 0.136 e. The van der Waals surface area contributed by atoms with Crippen LogP contribution < -0.4 is 4.90 Å². The Hall–Kier alpha value is -4.57. The number of thiazole rings is 1. The summed E-state index contributed by atoms with van der Waals surface area (Å²) in [6, 6.07) is 48.1. The second kappa shape index (κ2) is 12.1. The van der Waals surface area contributed by atoms with Crippen LogP contribution in [-0.4, -0.2) is 15.1 Å². The van der Waals surface area contributed by atoms with Crippen molar-refractivity contribution in [3.63, 3.8) is 0 Å². The minimum absolute atomic E-state index is 0. The van der Waals surface area contributed by atoms with Gasteiger partial charge in [-0.2, -0.15) is 0 Å². The molecule has 0 saturated carbocycles. The summed E-state index contributed by atoms with van der Waals surface area (Å²) in [5.74, 6) is 1.03. The van der Waals surface area contributed by atoms with Crippen molar-refractivity contribution in [1.29, 1.82) is 0 Å². The van der Waals surface area contributed by atoms with E-state index in [-0.39, 0.29) is 26.8 Å². The molecule has 7 rings (SSSR count). The molecule has 0 amide bonds. The molecule has 6 heteroatoms. The first-order chi connectivity index (χ1) is 20.3. The van der Waals surface area contributed by atoms with Crippen molar-refractivity contribution >= 4 is 38.7 Å². The third-order valence-corrected chi connectivity index (χ3v) is 8.03. The number of pyridine rings is 1. The minimum atomic E-state index is 0. The van der Waals surface area contributed by atoms with Gasteiger partial charge >= 0.3 is 0 Å². The molecule has 5 aromatic carbocycles. The van der Waals surface area contributed by atoms with Gasteiger partial charge in [-0.3, -0.25) is 0 Å². The van der Waals surface area contributed by atoms with Crippen LogP contribution in [-0.2, 0) is 21.1 Å². The van der Waals surface area contributed by atoms with E-state index in [1.807, 2.05) is 54.7 Å². The fourth-order valence-electron chi connectivity index (χ4n) is 5.07. The van der Waals surface area contributed by atoms with Crippen molar-refractivity contribution in [2.45, 2.75) is 0 Å². The standard InChI is InChI=1S/C36H24N3OS.Pt/c40-32-20-7-5-17-30(32)36-38-35-29(18-11-21-33(35)41-36)26-14-10-15-27(24-26)39(34-22-8-9-23-37-34)31-19-6-4-16-28(31)25-12-2-1-3-13-25;/h1-23,40H;/q-1;. The molecule has 0 aliphatic rings. The Balaban J connectivity index is 0.00000316. The van der Waals surface area contributed by atoms with E-state index in [9.17, 15) is 5.11 Å². The first-order valence-electron chi connectivity index (χ1n) is 13.3. The molecule has 0 radical (unpaired) electrons. The summed E-state index contributed by atoms with van der Waals surface area (Å²) in [6.45, 7) is 0. The van der Waals surface area contributed by atoms with Crippen LogP contribution in [0.2, 0.25) is 0 Å². The molecular formula is C36H24N3OPtS-. The number of anilines is 3. The van der Waals surface area contributed by atoms with Crippen molar-refractivity contribution < 1.29 is 26.2 Å². The molecule has 0 spiro atoms. The van der Waals surface area contributed by atoms with Crippen molar-refractivity contribution in [3.8, 4) is 38.6 Å². The maximum atomic E-state index is 10.4. The van der Waals surface area contributed by atoms with Crippen molar-refractivity contribution in [2.75, 3.05) is 4.90 Å². The van der Waals surface area contributed by atoms with Gasteiger partial charge in [0.2, 0.25) is 0 Å². The van der Waals surface area contributed by atoms with Crippen LogP contribution in [0.3, 0.4) is 0 Å². The summed E-state index contributed by atoms with van der Waals surface area (Å²) in [7, 11) is 0. The average Bonchev–Trinajstić information content (AvgIpc) is 3.47. The Morgan fingerprint density at radius 1 is 0.643 bits per heavy atom. The number of phenols is 1. The molecule has 206 valence electrons. The van der Waals surface area contributed by atoms with Gasteiger partial charge in [-0.15, -0.1) is 41.2 Å². The van der Waals surface area contributed by atoms with E-state index < -0.39 is 0 Å². The van der Waals surface area contributed by atoms with Crippen LogP contribution in [0.1, 0.15) is 0 Å². The number of aromatic nitrogens is 2. The summed E-state index contributed by atoms with van der Waals surface area (Å²) in [5, 5.41) is 11.2. The monoisotopic (exact) mass is 741 g/mol. The molecule has 42 heavy (non-hydrogen) atoms. The molecule has 4 nitrogen and oxygen atoms in total. The molecule has 7 aromatic rings. The molecule has 1 N–H and O–H groups in total. The number of hydrogen-bond donors (Lipinski definition) is 1. The third kappa shape index (κ3) is 5.25. The van der Waals surface area contributed by atoms with Crippen molar-refractivity contribution in [1.82, 2.24) is 9.97 Å². The van der Waals surface area contributed by atoms with E-state index in [2.05, 4.69) is 89.8 Å². The number of para-hydroxylation sites is 3. The van der Waals surface area contributed by atoms with Gasteiger partial charge in [0.25, 0.3) is 0 Å². The molecule has 0 aliphatic heterocycles. The smallest absolute Gasteiger partial charge is 0.136 e. The van der Waals surface area contributed by atoms with Crippen molar-refractivity contribution in [2.24, 2.45) is 0 Å². The van der Waals surface area contributed by atoms with Crippen LogP contribution in [0.15, 0.2) is 140 Å². The van der Waals surface area contributed by atoms with E-state index >= 15 is 0 Å². The molecule has 2 heterocycles. The van der Waals surface area contributed by atoms with Gasteiger partial charge in [0.05, 0.1) is 11.3 Å². The average molecular weight is 742 g/mol. The van der Waals surface area contributed by atoms with E-state index in [4.69, 9.17) is 9.97 Å². The molecule has 0 saturated heterocycles. The quantitative estimate of drug-likeness (QED) is 0.173. The largest absolute Gasteiger partial charge is 0.507 e. The SMILES string of the molecule is Oc1ccccc1-c1nc2c(-c3[c-]c(N(c4ccccn4)c4ccccc4-c4ccccc4)ccc3)cccc2s1.[Pt]. The number of phenolic OH excluding ortho intramolecular Hbond substituents is 1. The predicted octanol–water partition coefficient (Wildman–Crippen LogP) is 9.67. The fourth-order valence-corrected chi connectivity index (χ4v) is 6.10. The van der Waals surface area contributed by atoms with E-state index in [0.717, 1.165) is 60.2 Å². The first-order valence-corrected chi connectivity index (χ1v) is 14.1. The Morgan fingerprint density at radius 3 is 2.17 bits per heavy atom. The molecule has 0 atom stereocenters. The van der Waals surface area contributed by atoms with Gasteiger partial charge in [0, 0.05) is 43.0 Å². The third-order valence-electron chi connectivity index (χ3n) is 6.97. The van der Waals surface area contributed by atoms with E-state index in [1.54, 1.807) is 17.4 Å². The summed E-state index contributed by atoms with van der Waals surface area (Å²) in [5.41, 5.74) is 7.65. The van der Waals surface area contributed by atoms with Gasteiger partial charge in [-0.05, 0) is 47.6 Å². The first kappa shape index (κ1) is 27.6. The normalized spacial score (nSPS) is 10.8. The molecule has 0 aliphatic carbocycles. The predicted molar refractivity (Wildman–Crippen MR) is 169 cm³/mol. The number of aromatic hydroxyl groups is 1. The van der Waals surface area contributed by atoms with E-state index in [1.165, 1.54) is 0 Å². The van der Waals surface area contributed by atoms with Gasteiger partial charge in [-0.1, -0.05) is 84.4 Å². The zero-order chi connectivity index (χ0) is 27.6. The molecule has 0 unspecified atom stereocenters. The van der Waals surface area contributed by atoms with Crippen LogP contribution in [0.5, 0.6) is 5.75 Å². The number of benzene rings is 5. The molecule has 2 aromatic heterocycles. The van der Waals surface area contributed by atoms with Gasteiger partial charge in [-0.25, -0.2) is 9.97 Å². The van der Waals surface area contributed by atoms with Crippen molar-refractivity contribution in [3.05, 3.63) is 146 Å². The van der Waals surface area contributed by atoms with Crippen LogP contribution in [0, 0.1) is 6.07 Å². The summed E-state index contributed by atoms with van der Waals surface area (Å²) >= 11 is 1.57. The number of nitrogens with zero attached hydrogens (tertiary/aromatic N) is 3. The molecule has 0 fully saturated rings. The van der Waals surface area contributed by atoms with Crippen LogP contribution >= 0.6 is 11.3 Å². The second-order valence-corrected chi connectivity index (χ2v) is 10.6. The fraction of sp³-hybridized carbons (Fsp3) is 0. The number of fused-ring (bicyclic) bond motifs is 1. The molecular weight excluding hydrogens is 718 g/mol. The Bertz CT molecular complexity index is 1980. The van der Waals surface area contributed by atoms with Crippen LogP contribution in [0.4, 0.5) is 17.2 Å². The van der Waals surface area contributed by atoms with Gasteiger partial charge in [0.1, 0.15) is 16.6 Å². The summed E-state index contributed by atoms with van der Waals surface area (Å²) < 4.78 is 1.05. The Labute approximate surface area is 262 Å². The second-order valence-electron chi connectivity index (χ2n) is 9.54. The van der Waals surface area contributed by atoms with E-state index in [0.29, 0.717) is 0 Å². The Kier molecular flexibility index (Phi) is 7.96. The molecule has 0 bridgehead atoms. The summed E-state index contributed by atoms with van der Waals surface area (Å²) in [6.07, 6.45) is 1.81. The zero-order valence-corrected chi connectivity index (χ0v) is 25.4. The number of hydrogen-bond acceptors (Lipinski definition) is 5.